The number of hydrogen-bond donors (Lipinski definition) is 2. The molecule has 0 bridgehead atoms. The van der Waals surface area contributed by atoms with Gasteiger partial charge in [-0.3, -0.25) is 4.99 Å². The summed E-state index contributed by atoms with van der Waals surface area (Å²) in [5.74, 6) is 0.250. The Hall–Kier alpha value is -3.63. The van der Waals surface area contributed by atoms with E-state index in [1.54, 1.807) is 17.2 Å². The maximum atomic E-state index is 10.3. The minimum absolute atomic E-state index is 0.250. The summed E-state index contributed by atoms with van der Waals surface area (Å²) in [5.41, 5.74) is 4.30. The Balaban J connectivity index is 1.23. The van der Waals surface area contributed by atoms with Crippen molar-refractivity contribution in [2.75, 3.05) is 31.1 Å². The standard InChI is InChI=1S/C28H27N3O/c32-28-15-10-23-8-4-5-9-26(23)27(28)20-29-24-11-13-25(14-12-24)31-18-16-30(17-19-31)21-22-6-2-1-3-7-22/h1-15,20,32H,16-19,21H2/p+1. The van der Waals surface area contributed by atoms with E-state index in [2.05, 4.69) is 64.5 Å². The van der Waals surface area contributed by atoms with Crippen molar-refractivity contribution < 1.29 is 10.0 Å². The molecule has 0 saturated carbocycles. The van der Waals surface area contributed by atoms with E-state index < -0.39 is 0 Å². The van der Waals surface area contributed by atoms with Crippen LogP contribution in [-0.4, -0.2) is 37.5 Å². The van der Waals surface area contributed by atoms with Gasteiger partial charge in [-0.25, -0.2) is 0 Å². The van der Waals surface area contributed by atoms with E-state index in [0.717, 1.165) is 54.7 Å². The second kappa shape index (κ2) is 9.25. The smallest absolute Gasteiger partial charge is 0.124 e. The summed E-state index contributed by atoms with van der Waals surface area (Å²) in [4.78, 5) is 8.72. The van der Waals surface area contributed by atoms with E-state index in [4.69, 9.17) is 0 Å². The first-order valence-corrected chi connectivity index (χ1v) is 11.2. The molecule has 4 nitrogen and oxygen atoms in total. The van der Waals surface area contributed by atoms with Gasteiger partial charge in [0.05, 0.1) is 31.9 Å². The third-order valence-corrected chi connectivity index (χ3v) is 6.27. The molecule has 1 heterocycles. The van der Waals surface area contributed by atoms with E-state index >= 15 is 0 Å². The lowest BCUT2D eigenvalue weighted by Crippen LogP contribution is -3.13. The highest BCUT2D eigenvalue weighted by atomic mass is 16.3. The summed E-state index contributed by atoms with van der Waals surface area (Å²) in [5, 5.41) is 12.4. The van der Waals surface area contributed by atoms with Crippen LogP contribution in [0.2, 0.25) is 0 Å². The number of rotatable bonds is 5. The number of quaternary nitrogens is 1. The average molecular weight is 423 g/mol. The molecule has 0 unspecified atom stereocenters. The van der Waals surface area contributed by atoms with Gasteiger partial charge < -0.3 is 14.9 Å². The fourth-order valence-electron chi connectivity index (χ4n) is 4.45. The van der Waals surface area contributed by atoms with Crippen LogP contribution < -0.4 is 9.80 Å². The molecule has 1 aliphatic rings. The van der Waals surface area contributed by atoms with Crippen molar-refractivity contribution in [1.82, 2.24) is 0 Å². The van der Waals surface area contributed by atoms with Gasteiger partial charge in [-0.15, -0.1) is 0 Å². The number of nitrogens with one attached hydrogen (secondary N) is 1. The molecule has 0 radical (unpaired) electrons. The van der Waals surface area contributed by atoms with Gasteiger partial charge in [0.25, 0.3) is 0 Å². The van der Waals surface area contributed by atoms with E-state index in [1.165, 1.54) is 11.3 Å². The van der Waals surface area contributed by atoms with Crippen LogP contribution in [0, 0.1) is 0 Å². The number of phenolic OH excluding ortho intramolecular Hbond substituents is 1. The van der Waals surface area contributed by atoms with Crippen LogP contribution in [0.1, 0.15) is 11.1 Å². The van der Waals surface area contributed by atoms with Crippen LogP contribution in [0.4, 0.5) is 11.4 Å². The topological polar surface area (TPSA) is 40.3 Å². The Morgan fingerprint density at radius 1 is 0.812 bits per heavy atom. The van der Waals surface area contributed by atoms with Gasteiger partial charge in [0.2, 0.25) is 0 Å². The van der Waals surface area contributed by atoms with Crippen LogP contribution in [-0.2, 0) is 6.54 Å². The minimum atomic E-state index is 0.250. The Morgan fingerprint density at radius 2 is 1.53 bits per heavy atom. The predicted octanol–water partition coefficient (Wildman–Crippen LogP) is 4.20. The number of benzene rings is 4. The van der Waals surface area contributed by atoms with E-state index in [1.807, 2.05) is 30.3 Å². The third kappa shape index (κ3) is 4.51. The largest absolute Gasteiger partial charge is 0.507 e. The van der Waals surface area contributed by atoms with Crippen molar-refractivity contribution in [3.63, 3.8) is 0 Å². The number of piperazine rings is 1. The first-order chi connectivity index (χ1) is 15.8. The molecule has 4 heteroatoms. The molecule has 1 aliphatic heterocycles. The number of fused-ring (bicyclic) bond motifs is 1. The molecule has 0 aliphatic carbocycles. The number of nitrogens with zero attached hydrogens (tertiary/aromatic N) is 2. The number of hydrogen-bond acceptors (Lipinski definition) is 3. The van der Waals surface area contributed by atoms with Gasteiger partial charge >= 0.3 is 0 Å². The Labute approximate surface area is 189 Å². The summed E-state index contributed by atoms with van der Waals surface area (Å²) in [6.07, 6.45) is 1.76. The SMILES string of the molecule is Oc1ccc2ccccc2c1C=Nc1ccc(N2CC[NH+](Cc3ccccc3)CC2)cc1. The van der Waals surface area contributed by atoms with Crippen LogP contribution >= 0.6 is 0 Å². The van der Waals surface area contributed by atoms with Gasteiger partial charge in [-0.1, -0.05) is 60.7 Å². The summed E-state index contributed by atoms with van der Waals surface area (Å²) < 4.78 is 0. The zero-order valence-electron chi connectivity index (χ0n) is 18.1. The molecule has 0 atom stereocenters. The molecular formula is C28H28N3O+. The monoisotopic (exact) mass is 422 g/mol. The third-order valence-electron chi connectivity index (χ3n) is 6.27. The van der Waals surface area contributed by atoms with Crippen LogP contribution in [0.3, 0.4) is 0 Å². The highest BCUT2D eigenvalue weighted by molar-refractivity contribution is 6.03. The van der Waals surface area contributed by atoms with E-state index in [-0.39, 0.29) is 5.75 Å². The molecule has 0 aromatic heterocycles. The number of anilines is 1. The second-order valence-corrected chi connectivity index (χ2v) is 8.39. The zero-order valence-corrected chi connectivity index (χ0v) is 18.1. The van der Waals surface area contributed by atoms with Crippen molar-refractivity contribution in [2.24, 2.45) is 4.99 Å². The first kappa shape index (κ1) is 20.3. The highest BCUT2D eigenvalue weighted by Gasteiger charge is 2.20. The summed E-state index contributed by atoms with van der Waals surface area (Å²) >= 11 is 0. The zero-order chi connectivity index (χ0) is 21.8. The molecule has 0 amide bonds. The Bertz CT molecular complexity index is 1210. The van der Waals surface area contributed by atoms with Gasteiger partial charge in [-0.2, -0.15) is 0 Å². The lowest BCUT2D eigenvalue weighted by atomic mass is 10.0. The van der Waals surface area contributed by atoms with Crippen molar-refractivity contribution in [3.05, 3.63) is 102 Å². The molecule has 4 aromatic rings. The number of aliphatic imine (C=N–C) groups is 1. The highest BCUT2D eigenvalue weighted by Crippen LogP contribution is 2.27. The lowest BCUT2D eigenvalue weighted by molar-refractivity contribution is -0.914. The molecule has 4 aromatic carbocycles. The Kier molecular flexibility index (Phi) is 5.86. The van der Waals surface area contributed by atoms with Crippen LogP contribution in [0.15, 0.2) is 96.0 Å². The molecule has 5 rings (SSSR count). The van der Waals surface area contributed by atoms with Crippen LogP contribution in [0.25, 0.3) is 10.8 Å². The average Bonchev–Trinajstić information content (AvgIpc) is 2.85. The molecule has 1 fully saturated rings. The molecule has 1 saturated heterocycles. The quantitative estimate of drug-likeness (QED) is 0.473. The predicted molar refractivity (Wildman–Crippen MR) is 132 cm³/mol. The molecule has 32 heavy (non-hydrogen) atoms. The normalized spacial score (nSPS) is 14.9. The molecule has 160 valence electrons. The fraction of sp³-hybridized carbons (Fsp3) is 0.179. The maximum Gasteiger partial charge on any atom is 0.124 e. The summed E-state index contributed by atoms with van der Waals surface area (Å²) in [7, 11) is 0. The van der Waals surface area contributed by atoms with Crippen molar-refractivity contribution in [1.29, 1.82) is 0 Å². The number of aromatic hydroxyl groups is 1. The lowest BCUT2D eigenvalue weighted by Gasteiger charge is -2.33. The van der Waals surface area contributed by atoms with Crippen LogP contribution in [0.5, 0.6) is 5.75 Å². The fourth-order valence-corrected chi connectivity index (χ4v) is 4.45. The Morgan fingerprint density at radius 3 is 2.31 bits per heavy atom. The second-order valence-electron chi connectivity index (χ2n) is 8.39. The molecule has 0 spiro atoms. The minimum Gasteiger partial charge on any atom is -0.507 e. The van der Waals surface area contributed by atoms with Crippen molar-refractivity contribution in [2.45, 2.75) is 6.54 Å². The summed E-state index contributed by atoms with van der Waals surface area (Å²) in [6.45, 7) is 5.52. The first-order valence-electron chi connectivity index (χ1n) is 11.2. The summed E-state index contributed by atoms with van der Waals surface area (Å²) in [6, 6.07) is 30.9. The number of phenols is 1. The molecule has 2 N–H and O–H groups in total. The molecular weight excluding hydrogens is 394 g/mol. The van der Waals surface area contributed by atoms with Gasteiger partial charge in [0.15, 0.2) is 0 Å². The van der Waals surface area contributed by atoms with Gasteiger partial charge in [0.1, 0.15) is 12.3 Å². The van der Waals surface area contributed by atoms with Gasteiger partial charge in [0, 0.05) is 23.0 Å². The maximum absolute atomic E-state index is 10.3. The van der Waals surface area contributed by atoms with E-state index in [0.29, 0.717) is 0 Å². The van der Waals surface area contributed by atoms with E-state index in [9.17, 15) is 5.11 Å². The van der Waals surface area contributed by atoms with Crippen molar-refractivity contribution in [3.8, 4) is 5.75 Å². The van der Waals surface area contributed by atoms with Gasteiger partial charge in [-0.05, 0) is 41.1 Å². The van der Waals surface area contributed by atoms with Crippen molar-refractivity contribution >= 4 is 28.4 Å².